The molecule has 0 fully saturated rings. The van der Waals surface area contributed by atoms with Crippen molar-refractivity contribution in [3.8, 4) is 0 Å². The van der Waals surface area contributed by atoms with E-state index in [1.165, 1.54) is 5.57 Å². The van der Waals surface area contributed by atoms with Crippen LogP contribution in [0.2, 0.25) is 0 Å². The number of nitrogens with zero attached hydrogens (tertiary/aromatic N) is 1. The predicted molar refractivity (Wildman–Crippen MR) is 65.2 cm³/mol. The van der Waals surface area contributed by atoms with Crippen molar-refractivity contribution in [3.63, 3.8) is 0 Å². The fourth-order valence-corrected chi connectivity index (χ4v) is 2.24. The molecule has 2 atom stereocenters. The van der Waals surface area contributed by atoms with Crippen LogP contribution >= 0.6 is 11.6 Å². The molecule has 2 N–H and O–H groups in total. The average molecular weight is 223 g/mol. The van der Waals surface area contributed by atoms with Gasteiger partial charge in [0, 0.05) is 5.92 Å². The van der Waals surface area contributed by atoms with Crippen LogP contribution in [-0.2, 0) is 0 Å². The molecule has 1 aliphatic carbocycles. The maximum atomic E-state index is 6.09. The molecule has 1 aliphatic heterocycles. The first kappa shape index (κ1) is 10.7. The SMILES string of the molecule is CC1=CC2C=C(CCN)C(Cl)=NC2C=C1. The summed E-state index contributed by atoms with van der Waals surface area (Å²) in [7, 11) is 0. The van der Waals surface area contributed by atoms with Crippen molar-refractivity contribution >= 4 is 16.8 Å². The summed E-state index contributed by atoms with van der Waals surface area (Å²) in [6.07, 6.45) is 9.44. The second-order valence-electron chi connectivity index (χ2n) is 3.99. The monoisotopic (exact) mass is 222 g/mol. The molecular weight excluding hydrogens is 208 g/mol. The molecule has 2 aliphatic rings. The van der Waals surface area contributed by atoms with Crippen molar-refractivity contribution in [2.75, 3.05) is 6.54 Å². The Morgan fingerprint density at radius 3 is 3.00 bits per heavy atom. The lowest BCUT2D eigenvalue weighted by Gasteiger charge is -2.25. The largest absolute Gasteiger partial charge is 0.330 e. The van der Waals surface area contributed by atoms with E-state index in [1.807, 2.05) is 0 Å². The van der Waals surface area contributed by atoms with E-state index in [2.05, 4.69) is 36.2 Å². The first-order valence-corrected chi connectivity index (χ1v) is 5.59. The molecule has 2 rings (SSSR count). The Kier molecular flexibility index (Phi) is 3.08. The predicted octanol–water partition coefficient (Wildman–Crippen LogP) is 2.41. The van der Waals surface area contributed by atoms with Gasteiger partial charge in [-0.15, -0.1) is 0 Å². The molecule has 80 valence electrons. The van der Waals surface area contributed by atoms with Gasteiger partial charge in [-0.3, -0.25) is 4.99 Å². The van der Waals surface area contributed by atoms with Gasteiger partial charge >= 0.3 is 0 Å². The highest BCUT2D eigenvalue weighted by molar-refractivity contribution is 6.69. The zero-order chi connectivity index (χ0) is 10.8. The Bertz CT molecular complexity index is 377. The third-order valence-corrected chi connectivity index (χ3v) is 3.08. The van der Waals surface area contributed by atoms with E-state index in [0.717, 1.165) is 12.0 Å². The van der Waals surface area contributed by atoms with Crippen LogP contribution in [0, 0.1) is 5.92 Å². The number of rotatable bonds is 2. The van der Waals surface area contributed by atoms with Crippen LogP contribution in [0.1, 0.15) is 13.3 Å². The van der Waals surface area contributed by atoms with Crippen LogP contribution in [0.25, 0.3) is 0 Å². The van der Waals surface area contributed by atoms with Gasteiger partial charge in [-0.2, -0.15) is 0 Å². The highest BCUT2D eigenvalue weighted by Crippen LogP contribution is 2.28. The van der Waals surface area contributed by atoms with Crippen molar-refractivity contribution in [2.45, 2.75) is 19.4 Å². The summed E-state index contributed by atoms with van der Waals surface area (Å²) < 4.78 is 0. The molecule has 1 heterocycles. The molecule has 15 heavy (non-hydrogen) atoms. The highest BCUT2D eigenvalue weighted by atomic mass is 35.5. The number of aliphatic imine (C=N–C) groups is 1. The second-order valence-corrected chi connectivity index (χ2v) is 4.35. The van der Waals surface area contributed by atoms with Gasteiger partial charge in [-0.25, -0.2) is 0 Å². The summed E-state index contributed by atoms with van der Waals surface area (Å²) in [5.74, 6) is 0.360. The summed E-state index contributed by atoms with van der Waals surface area (Å²) in [5.41, 5.74) is 7.90. The van der Waals surface area contributed by atoms with Gasteiger partial charge in [0.2, 0.25) is 0 Å². The van der Waals surface area contributed by atoms with Crippen molar-refractivity contribution in [1.29, 1.82) is 0 Å². The molecular formula is C12H15ClN2. The topological polar surface area (TPSA) is 38.4 Å². The van der Waals surface area contributed by atoms with Gasteiger partial charge in [0.15, 0.2) is 0 Å². The van der Waals surface area contributed by atoms with Gasteiger partial charge in [0.25, 0.3) is 0 Å². The van der Waals surface area contributed by atoms with E-state index in [0.29, 0.717) is 17.6 Å². The average Bonchev–Trinajstić information content (AvgIpc) is 2.20. The smallest absolute Gasteiger partial charge is 0.127 e. The second kappa shape index (κ2) is 4.33. The van der Waals surface area contributed by atoms with Crippen molar-refractivity contribution < 1.29 is 0 Å². The summed E-state index contributed by atoms with van der Waals surface area (Å²) in [4.78, 5) is 4.47. The van der Waals surface area contributed by atoms with Crippen LogP contribution in [0.3, 0.4) is 0 Å². The lowest BCUT2D eigenvalue weighted by molar-refractivity contribution is 0.666. The fraction of sp³-hybridized carbons (Fsp3) is 0.417. The van der Waals surface area contributed by atoms with E-state index >= 15 is 0 Å². The molecule has 0 radical (unpaired) electrons. The van der Waals surface area contributed by atoms with Crippen molar-refractivity contribution in [3.05, 3.63) is 35.5 Å². The first-order chi connectivity index (χ1) is 7.20. The third-order valence-electron chi connectivity index (χ3n) is 2.74. The molecule has 0 aromatic rings. The van der Waals surface area contributed by atoms with Gasteiger partial charge in [-0.05, 0) is 25.5 Å². The van der Waals surface area contributed by atoms with E-state index in [9.17, 15) is 0 Å². The number of halogens is 1. The number of nitrogens with two attached hydrogens (primary N) is 1. The minimum atomic E-state index is 0.183. The minimum absolute atomic E-state index is 0.183. The van der Waals surface area contributed by atoms with Gasteiger partial charge < -0.3 is 5.73 Å². The molecule has 2 nitrogen and oxygen atoms in total. The Morgan fingerprint density at radius 2 is 2.27 bits per heavy atom. The van der Waals surface area contributed by atoms with Crippen LogP contribution in [0.15, 0.2) is 40.4 Å². The van der Waals surface area contributed by atoms with E-state index in [4.69, 9.17) is 17.3 Å². The number of dihydropyridines is 1. The minimum Gasteiger partial charge on any atom is -0.330 e. The van der Waals surface area contributed by atoms with E-state index in [-0.39, 0.29) is 6.04 Å². The maximum Gasteiger partial charge on any atom is 0.127 e. The molecule has 0 saturated heterocycles. The van der Waals surface area contributed by atoms with Crippen LogP contribution in [0.5, 0.6) is 0 Å². The molecule has 0 amide bonds. The molecule has 0 aromatic heterocycles. The third kappa shape index (κ3) is 2.21. The number of allylic oxidation sites excluding steroid dienone is 2. The molecule has 0 spiro atoms. The Balaban J connectivity index is 2.25. The fourth-order valence-electron chi connectivity index (χ4n) is 1.97. The zero-order valence-electron chi connectivity index (χ0n) is 8.78. The lowest BCUT2D eigenvalue weighted by atomic mass is 9.88. The Hall–Kier alpha value is -0.860. The molecule has 0 aromatic carbocycles. The van der Waals surface area contributed by atoms with E-state index in [1.54, 1.807) is 0 Å². The van der Waals surface area contributed by atoms with Crippen LogP contribution in [0.4, 0.5) is 0 Å². The van der Waals surface area contributed by atoms with Gasteiger partial charge in [0.1, 0.15) is 5.17 Å². The molecule has 3 heteroatoms. The first-order valence-electron chi connectivity index (χ1n) is 5.22. The normalized spacial score (nSPS) is 29.1. The van der Waals surface area contributed by atoms with Gasteiger partial charge in [0.05, 0.1) is 6.04 Å². The number of hydrogen-bond acceptors (Lipinski definition) is 2. The Labute approximate surface area is 95.2 Å². The molecule has 0 bridgehead atoms. The number of hydrogen-bond donors (Lipinski definition) is 1. The molecule has 0 saturated carbocycles. The maximum absolute atomic E-state index is 6.09. The number of fused-ring (bicyclic) bond motifs is 1. The van der Waals surface area contributed by atoms with Crippen molar-refractivity contribution in [2.24, 2.45) is 16.6 Å². The quantitative estimate of drug-likeness (QED) is 0.766. The standard InChI is InChI=1S/C12H15ClN2/c1-8-2-3-11-10(6-8)7-9(4-5-14)12(13)15-11/h2-3,6-7,10-11H,4-5,14H2,1H3. The van der Waals surface area contributed by atoms with E-state index < -0.39 is 0 Å². The lowest BCUT2D eigenvalue weighted by Crippen LogP contribution is -2.23. The summed E-state index contributed by atoms with van der Waals surface area (Å²) in [5, 5.41) is 0.624. The van der Waals surface area contributed by atoms with Crippen LogP contribution in [-0.4, -0.2) is 17.8 Å². The van der Waals surface area contributed by atoms with Crippen LogP contribution < -0.4 is 5.73 Å². The molecule has 2 unspecified atom stereocenters. The zero-order valence-corrected chi connectivity index (χ0v) is 9.54. The summed E-state index contributed by atoms with van der Waals surface area (Å²) in [6.45, 7) is 2.72. The van der Waals surface area contributed by atoms with Gasteiger partial charge in [-0.1, -0.05) is 41.5 Å². The summed E-state index contributed by atoms with van der Waals surface area (Å²) >= 11 is 6.09. The summed E-state index contributed by atoms with van der Waals surface area (Å²) in [6, 6.07) is 0.183. The Morgan fingerprint density at radius 1 is 1.47 bits per heavy atom. The highest BCUT2D eigenvalue weighted by Gasteiger charge is 2.23. The van der Waals surface area contributed by atoms with Crippen molar-refractivity contribution in [1.82, 2.24) is 0 Å².